The molecule has 0 aliphatic heterocycles. The van der Waals surface area contributed by atoms with Gasteiger partial charge in [0.05, 0.1) is 28.6 Å². The predicted molar refractivity (Wildman–Crippen MR) is 116 cm³/mol. The van der Waals surface area contributed by atoms with Gasteiger partial charge in [0.15, 0.2) is 11.9 Å². The van der Waals surface area contributed by atoms with Crippen molar-refractivity contribution in [2.45, 2.75) is 48.6 Å². The van der Waals surface area contributed by atoms with Crippen LogP contribution in [0.5, 0.6) is 5.75 Å². The van der Waals surface area contributed by atoms with Crippen molar-refractivity contribution in [1.82, 2.24) is 9.62 Å². The SMILES string of the molecule is COCC1(NC2=C(Nc3ccc(Cl)c(S(=O)(=O)N(C)C)c3O)C(O)C2=O)CCCCC1. The quantitative estimate of drug-likeness (QED) is 0.421. The molecule has 11 heteroatoms. The number of sulfonamides is 1. The maximum absolute atomic E-state index is 12.6. The summed E-state index contributed by atoms with van der Waals surface area (Å²) in [6.45, 7) is 0.407. The van der Waals surface area contributed by atoms with Gasteiger partial charge in [-0.25, -0.2) is 12.7 Å². The molecule has 3 rings (SSSR count). The maximum Gasteiger partial charge on any atom is 0.247 e. The van der Waals surface area contributed by atoms with E-state index in [0.29, 0.717) is 6.61 Å². The van der Waals surface area contributed by atoms with Crippen molar-refractivity contribution in [2.75, 3.05) is 33.1 Å². The lowest BCUT2D eigenvalue weighted by Gasteiger charge is -2.42. The van der Waals surface area contributed by atoms with Gasteiger partial charge in [0, 0.05) is 21.2 Å². The smallest absolute Gasteiger partial charge is 0.247 e. The summed E-state index contributed by atoms with van der Waals surface area (Å²) in [5.74, 6) is -1.07. The molecule has 1 fully saturated rings. The minimum Gasteiger partial charge on any atom is -0.504 e. The summed E-state index contributed by atoms with van der Waals surface area (Å²) in [6.07, 6.45) is 3.32. The standard InChI is InChI=1S/C20H28ClN3O6S/c1-24(2)31(28,29)19-12(21)7-8-13(16(19)25)22-14-15(18(27)17(14)26)23-20(11-30-3)9-5-4-6-10-20/h7-8,17,22-23,25-26H,4-6,9-11H2,1-3H3. The monoisotopic (exact) mass is 473 g/mol. The number of anilines is 1. The number of benzene rings is 1. The summed E-state index contributed by atoms with van der Waals surface area (Å²) in [5, 5.41) is 26.8. The lowest BCUT2D eigenvalue weighted by Crippen LogP contribution is -2.56. The molecule has 1 aromatic rings. The number of phenols is 1. The molecule has 0 amide bonds. The number of aliphatic hydroxyl groups excluding tert-OH is 1. The Kier molecular flexibility index (Phi) is 6.87. The summed E-state index contributed by atoms with van der Waals surface area (Å²) in [4.78, 5) is 11.9. The number of phenolic OH excluding ortho intramolecular Hbond substituents is 1. The Hall–Kier alpha value is -1.85. The van der Waals surface area contributed by atoms with Crippen molar-refractivity contribution < 1.29 is 28.2 Å². The molecule has 2 aliphatic rings. The van der Waals surface area contributed by atoms with Crippen LogP contribution in [0.2, 0.25) is 5.02 Å². The number of rotatable bonds is 8. The number of Topliss-reactive ketones (excluding diaryl/α,β-unsaturated/α-hetero) is 1. The number of aliphatic hydroxyl groups is 1. The van der Waals surface area contributed by atoms with Crippen molar-refractivity contribution in [2.24, 2.45) is 0 Å². The van der Waals surface area contributed by atoms with E-state index < -0.39 is 38.1 Å². The zero-order valence-electron chi connectivity index (χ0n) is 17.7. The molecule has 1 unspecified atom stereocenters. The van der Waals surface area contributed by atoms with E-state index in [4.69, 9.17) is 16.3 Å². The first-order chi connectivity index (χ1) is 14.5. The Morgan fingerprint density at radius 1 is 1.26 bits per heavy atom. The normalized spacial score (nSPS) is 21.2. The van der Waals surface area contributed by atoms with Gasteiger partial charge in [-0.15, -0.1) is 0 Å². The number of nitrogens with zero attached hydrogens (tertiary/aromatic N) is 1. The molecular formula is C20H28ClN3O6S. The number of halogens is 1. The lowest BCUT2D eigenvalue weighted by molar-refractivity contribution is -0.125. The predicted octanol–water partition coefficient (Wildman–Crippen LogP) is 1.80. The van der Waals surface area contributed by atoms with Gasteiger partial charge in [0.2, 0.25) is 15.8 Å². The average Bonchev–Trinajstić information content (AvgIpc) is 2.72. The summed E-state index contributed by atoms with van der Waals surface area (Å²) in [5.41, 5.74) is -0.0446. The highest BCUT2D eigenvalue weighted by Crippen LogP contribution is 2.40. The van der Waals surface area contributed by atoms with E-state index in [1.807, 2.05) is 0 Å². The van der Waals surface area contributed by atoms with Crippen molar-refractivity contribution in [3.05, 3.63) is 28.5 Å². The third-order valence-electron chi connectivity index (χ3n) is 5.75. The van der Waals surface area contributed by atoms with E-state index in [1.54, 1.807) is 7.11 Å². The van der Waals surface area contributed by atoms with Gasteiger partial charge in [0.25, 0.3) is 0 Å². The number of nitrogens with one attached hydrogen (secondary N) is 2. The summed E-state index contributed by atoms with van der Waals surface area (Å²) < 4.78 is 31.4. The van der Waals surface area contributed by atoms with Crippen LogP contribution in [-0.2, 0) is 19.6 Å². The molecule has 0 heterocycles. The number of carbonyl (C=O) groups excluding carboxylic acids is 1. The Balaban J connectivity index is 1.97. The molecular weight excluding hydrogens is 446 g/mol. The number of hydrogen-bond acceptors (Lipinski definition) is 8. The molecule has 1 atom stereocenters. The highest BCUT2D eigenvalue weighted by Gasteiger charge is 2.43. The first kappa shape index (κ1) is 23.8. The van der Waals surface area contributed by atoms with E-state index in [1.165, 1.54) is 26.2 Å². The third-order valence-corrected chi connectivity index (χ3v) is 8.07. The van der Waals surface area contributed by atoms with Crippen molar-refractivity contribution in [1.29, 1.82) is 0 Å². The van der Waals surface area contributed by atoms with Crippen LogP contribution >= 0.6 is 11.6 Å². The Labute approximate surface area is 187 Å². The first-order valence-electron chi connectivity index (χ1n) is 9.98. The van der Waals surface area contributed by atoms with Gasteiger partial charge in [-0.05, 0) is 25.0 Å². The fourth-order valence-corrected chi connectivity index (χ4v) is 5.49. The van der Waals surface area contributed by atoms with Gasteiger partial charge in [0.1, 0.15) is 10.6 Å². The number of hydrogen-bond donors (Lipinski definition) is 4. The Morgan fingerprint density at radius 3 is 2.48 bits per heavy atom. The summed E-state index contributed by atoms with van der Waals surface area (Å²) in [6, 6.07) is 2.71. The number of aromatic hydroxyl groups is 1. The molecule has 9 nitrogen and oxygen atoms in total. The van der Waals surface area contributed by atoms with E-state index in [-0.39, 0.29) is 22.1 Å². The van der Waals surface area contributed by atoms with Crippen molar-refractivity contribution in [3.63, 3.8) is 0 Å². The molecule has 1 saturated carbocycles. The lowest BCUT2D eigenvalue weighted by atomic mass is 9.80. The largest absolute Gasteiger partial charge is 0.504 e. The van der Waals surface area contributed by atoms with Crippen LogP contribution in [0.15, 0.2) is 28.4 Å². The van der Waals surface area contributed by atoms with Crippen LogP contribution in [0.25, 0.3) is 0 Å². The Bertz CT molecular complexity index is 997. The summed E-state index contributed by atoms with van der Waals surface area (Å²) >= 11 is 6.04. The summed E-state index contributed by atoms with van der Waals surface area (Å²) in [7, 11) is 0.215. The van der Waals surface area contributed by atoms with Gasteiger partial charge >= 0.3 is 0 Å². The maximum atomic E-state index is 12.6. The molecule has 0 aromatic heterocycles. The zero-order chi connectivity index (χ0) is 23.0. The van der Waals surface area contributed by atoms with Gasteiger partial charge < -0.3 is 25.6 Å². The van der Waals surface area contributed by atoms with E-state index in [9.17, 15) is 23.4 Å². The van der Waals surface area contributed by atoms with Crippen LogP contribution in [0.3, 0.4) is 0 Å². The van der Waals surface area contributed by atoms with Gasteiger partial charge in [-0.3, -0.25) is 4.79 Å². The number of carbonyl (C=O) groups is 1. The van der Waals surface area contributed by atoms with E-state index >= 15 is 0 Å². The molecule has 0 bridgehead atoms. The topological polar surface area (TPSA) is 128 Å². The fraction of sp³-hybridized carbons (Fsp3) is 0.550. The van der Waals surface area contributed by atoms with Gasteiger partial charge in [-0.1, -0.05) is 30.9 Å². The molecule has 4 N–H and O–H groups in total. The van der Waals surface area contributed by atoms with Crippen LogP contribution in [0.4, 0.5) is 5.69 Å². The third kappa shape index (κ3) is 4.40. The number of ketones is 1. The number of methoxy groups -OCH3 is 1. The van der Waals surface area contributed by atoms with Crippen LogP contribution < -0.4 is 10.6 Å². The van der Waals surface area contributed by atoms with Crippen LogP contribution in [0, 0.1) is 0 Å². The van der Waals surface area contributed by atoms with Gasteiger partial charge in [-0.2, -0.15) is 0 Å². The van der Waals surface area contributed by atoms with E-state index in [0.717, 1.165) is 36.4 Å². The second kappa shape index (κ2) is 8.95. The molecule has 31 heavy (non-hydrogen) atoms. The average molecular weight is 474 g/mol. The minimum absolute atomic E-state index is 0.00936. The van der Waals surface area contributed by atoms with Crippen molar-refractivity contribution in [3.8, 4) is 5.75 Å². The minimum atomic E-state index is -4.03. The molecule has 172 valence electrons. The molecule has 0 spiro atoms. The zero-order valence-corrected chi connectivity index (χ0v) is 19.3. The highest BCUT2D eigenvalue weighted by molar-refractivity contribution is 7.89. The van der Waals surface area contributed by atoms with Crippen molar-refractivity contribution >= 4 is 33.1 Å². The fourth-order valence-electron chi connectivity index (χ4n) is 4.02. The highest BCUT2D eigenvalue weighted by atomic mass is 35.5. The van der Waals surface area contributed by atoms with E-state index in [2.05, 4.69) is 10.6 Å². The molecule has 1 aromatic carbocycles. The Morgan fingerprint density at radius 2 is 1.90 bits per heavy atom. The molecule has 0 saturated heterocycles. The second-order valence-corrected chi connectivity index (χ2v) is 10.6. The second-order valence-electron chi connectivity index (χ2n) is 8.14. The first-order valence-corrected chi connectivity index (χ1v) is 11.8. The van der Waals surface area contributed by atoms with Crippen LogP contribution in [0.1, 0.15) is 32.1 Å². The van der Waals surface area contributed by atoms with Crippen LogP contribution in [-0.4, -0.2) is 68.2 Å². The molecule has 0 radical (unpaired) electrons. The molecule has 2 aliphatic carbocycles. The number of ether oxygens (including phenoxy) is 1.